The van der Waals surface area contributed by atoms with Gasteiger partial charge in [0.15, 0.2) is 5.69 Å². The third-order valence-electron chi connectivity index (χ3n) is 3.96. The lowest BCUT2D eigenvalue weighted by Gasteiger charge is -2.33. The van der Waals surface area contributed by atoms with Crippen molar-refractivity contribution in [1.29, 1.82) is 0 Å². The van der Waals surface area contributed by atoms with Crippen molar-refractivity contribution < 1.29 is 27.2 Å². The molecule has 1 amide bonds. The summed E-state index contributed by atoms with van der Waals surface area (Å²) in [7, 11) is 0. The SMILES string of the molecule is O=C(c1noc2c1COCC2)N1CCCC(C(F)(F)F)C1. The van der Waals surface area contributed by atoms with Crippen LogP contribution >= 0.6 is 0 Å². The van der Waals surface area contributed by atoms with Crippen LogP contribution in [0.4, 0.5) is 13.2 Å². The number of ether oxygens (including phenoxy) is 1. The lowest BCUT2D eigenvalue weighted by Crippen LogP contribution is -2.45. The average Bonchev–Trinajstić information content (AvgIpc) is 2.90. The first-order chi connectivity index (χ1) is 9.97. The van der Waals surface area contributed by atoms with E-state index in [4.69, 9.17) is 9.26 Å². The van der Waals surface area contributed by atoms with E-state index in [2.05, 4.69) is 5.16 Å². The first-order valence-corrected chi connectivity index (χ1v) is 6.88. The van der Waals surface area contributed by atoms with Crippen LogP contribution in [-0.4, -0.2) is 41.8 Å². The molecule has 0 saturated carbocycles. The van der Waals surface area contributed by atoms with Crippen molar-refractivity contribution in [2.24, 2.45) is 5.92 Å². The second-order valence-corrected chi connectivity index (χ2v) is 5.37. The second kappa shape index (κ2) is 5.32. The molecule has 5 nitrogen and oxygen atoms in total. The molecular formula is C13H15F3N2O3. The van der Waals surface area contributed by atoms with Crippen molar-refractivity contribution in [3.05, 3.63) is 17.0 Å². The zero-order chi connectivity index (χ0) is 15.0. The van der Waals surface area contributed by atoms with Gasteiger partial charge >= 0.3 is 6.18 Å². The van der Waals surface area contributed by atoms with Crippen molar-refractivity contribution in [1.82, 2.24) is 10.1 Å². The maximum Gasteiger partial charge on any atom is 0.393 e. The summed E-state index contributed by atoms with van der Waals surface area (Å²) in [5.74, 6) is -1.37. The number of hydrogen-bond acceptors (Lipinski definition) is 4. The van der Waals surface area contributed by atoms with Gasteiger partial charge in [-0.1, -0.05) is 5.16 Å². The number of amides is 1. The largest absolute Gasteiger partial charge is 0.393 e. The average molecular weight is 304 g/mol. The predicted octanol–water partition coefficient (Wildman–Crippen LogP) is 2.16. The molecular weight excluding hydrogens is 289 g/mol. The Morgan fingerprint density at radius 3 is 2.95 bits per heavy atom. The van der Waals surface area contributed by atoms with E-state index in [1.165, 1.54) is 4.90 Å². The van der Waals surface area contributed by atoms with Crippen molar-refractivity contribution in [3.8, 4) is 0 Å². The fraction of sp³-hybridized carbons (Fsp3) is 0.692. The topological polar surface area (TPSA) is 55.6 Å². The van der Waals surface area contributed by atoms with Crippen LogP contribution in [0.2, 0.25) is 0 Å². The maximum atomic E-state index is 12.8. The number of halogens is 3. The fourth-order valence-corrected chi connectivity index (χ4v) is 2.77. The Morgan fingerprint density at radius 1 is 1.38 bits per heavy atom. The number of nitrogens with zero attached hydrogens (tertiary/aromatic N) is 2. The lowest BCUT2D eigenvalue weighted by atomic mass is 9.97. The van der Waals surface area contributed by atoms with Gasteiger partial charge in [-0.3, -0.25) is 4.79 Å². The van der Waals surface area contributed by atoms with E-state index in [9.17, 15) is 18.0 Å². The molecule has 8 heteroatoms. The van der Waals surface area contributed by atoms with Gasteiger partial charge in [-0.2, -0.15) is 13.2 Å². The summed E-state index contributed by atoms with van der Waals surface area (Å²) < 4.78 is 48.8. The van der Waals surface area contributed by atoms with Crippen LogP contribution < -0.4 is 0 Å². The van der Waals surface area contributed by atoms with Gasteiger partial charge in [-0.15, -0.1) is 0 Å². The monoisotopic (exact) mass is 304 g/mol. The van der Waals surface area contributed by atoms with Gasteiger partial charge in [-0.05, 0) is 12.8 Å². The number of carbonyl (C=O) groups excluding carboxylic acids is 1. The highest BCUT2D eigenvalue weighted by atomic mass is 19.4. The van der Waals surface area contributed by atoms with Gasteiger partial charge in [0, 0.05) is 19.5 Å². The van der Waals surface area contributed by atoms with E-state index in [1.54, 1.807) is 0 Å². The summed E-state index contributed by atoms with van der Waals surface area (Å²) in [5, 5.41) is 3.73. The summed E-state index contributed by atoms with van der Waals surface area (Å²) >= 11 is 0. The first kappa shape index (κ1) is 14.4. The first-order valence-electron chi connectivity index (χ1n) is 6.88. The van der Waals surface area contributed by atoms with E-state index in [0.717, 1.165) is 0 Å². The highest BCUT2D eigenvalue weighted by Crippen LogP contribution is 2.34. The summed E-state index contributed by atoms with van der Waals surface area (Å²) in [6.07, 6.45) is -3.34. The molecule has 1 atom stereocenters. The number of fused-ring (bicyclic) bond motifs is 1. The van der Waals surface area contributed by atoms with Gasteiger partial charge in [0.05, 0.1) is 24.7 Å². The summed E-state index contributed by atoms with van der Waals surface area (Å²) in [5.41, 5.74) is 0.660. The number of likely N-dealkylation sites (tertiary alicyclic amines) is 1. The molecule has 2 aliphatic heterocycles. The van der Waals surface area contributed by atoms with E-state index in [-0.39, 0.29) is 25.3 Å². The third kappa shape index (κ3) is 2.76. The van der Waals surface area contributed by atoms with Crippen LogP contribution in [0.1, 0.15) is 34.7 Å². The molecule has 3 rings (SSSR count). The minimum atomic E-state index is -4.27. The van der Waals surface area contributed by atoms with Crippen LogP contribution in [0.5, 0.6) is 0 Å². The molecule has 116 valence electrons. The molecule has 0 N–H and O–H groups in total. The minimum absolute atomic E-state index is 0.0628. The molecule has 1 aromatic rings. The molecule has 1 fully saturated rings. The Morgan fingerprint density at radius 2 is 2.19 bits per heavy atom. The van der Waals surface area contributed by atoms with Gasteiger partial charge in [0.25, 0.3) is 5.91 Å². The zero-order valence-electron chi connectivity index (χ0n) is 11.3. The normalized spacial score (nSPS) is 23.0. The van der Waals surface area contributed by atoms with E-state index < -0.39 is 18.0 Å². The quantitative estimate of drug-likeness (QED) is 0.798. The molecule has 3 heterocycles. The summed E-state index contributed by atoms with van der Waals surface area (Å²) in [6, 6.07) is 0. The zero-order valence-corrected chi connectivity index (χ0v) is 11.3. The van der Waals surface area contributed by atoms with Crippen molar-refractivity contribution in [2.75, 3.05) is 19.7 Å². The van der Waals surface area contributed by atoms with Crippen molar-refractivity contribution in [2.45, 2.75) is 32.0 Å². The summed E-state index contributed by atoms with van der Waals surface area (Å²) in [4.78, 5) is 13.6. The van der Waals surface area contributed by atoms with Crippen LogP contribution in [0.15, 0.2) is 4.52 Å². The lowest BCUT2D eigenvalue weighted by molar-refractivity contribution is -0.184. The smallest absolute Gasteiger partial charge is 0.376 e. The maximum absolute atomic E-state index is 12.8. The molecule has 2 aliphatic rings. The Hall–Kier alpha value is -1.57. The van der Waals surface area contributed by atoms with E-state index >= 15 is 0 Å². The number of carbonyl (C=O) groups is 1. The number of piperidine rings is 1. The Labute approximate surface area is 119 Å². The number of hydrogen-bond donors (Lipinski definition) is 0. The molecule has 1 unspecified atom stereocenters. The standard InChI is InChI=1S/C13H15F3N2O3/c14-13(15,16)8-2-1-4-18(6-8)12(19)11-9-7-20-5-3-10(9)21-17-11/h8H,1-7H2. The molecule has 0 spiro atoms. The highest BCUT2D eigenvalue weighted by Gasteiger charge is 2.43. The highest BCUT2D eigenvalue weighted by molar-refractivity contribution is 5.94. The third-order valence-corrected chi connectivity index (χ3v) is 3.96. The van der Waals surface area contributed by atoms with Gasteiger partial charge < -0.3 is 14.2 Å². The molecule has 0 aliphatic carbocycles. The Balaban J connectivity index is 1.77. The molecule has 0 bridgehead atoms. The van der Waals surface area contributed by atoms with Crippen LogP contribution in [-0.2, 0) is 17.8 Å². The van der Waals surface area contributed by atoms with Crippen LogP contribution in [0.25, 0.3) is 0 Å². The van der Waals surface area contributed by atoms with Gasteiger partial charge in [0.1, 0.15) is 5.76 Å². The second-order valence-electron chi connectivity index (χ2n) is 5.37. The Kier molecular flexibility index (Phi) is 3.64. The number of aromatic nitrogens is 1. The predicted molar refractivity (Wildman–Crippen MR) is 64.5 cm³/mol. The summed E-state index contributed by atoms with van der Waals surface area (Å²) in [6.45, 7) is 0.713. The number of alkyl halides is 3. The minimum Gasteiger partial charge on any atom is -0.376 e. The van der Waals surface area contributed by atoms with Gasteiger partial charge in [-0.25, -0.2) is 0 Å². The molecule has 0 radical (unpaired) electrons. The van der Waals surface area contributed by atoms with Crippen LogP contribution in [0, 0.1) is 5.92 Å². The molecule has 0 aromatic carbocycles. The number of rotatable bonds is 1. The molecule has 1 saturated heterocycles. The van der Waals surface area contributed by atoms with Crippen molar-refractivity contribution in [3.63, 3.8) is 0 Å². The molecule has 1 aromatic heterocycles. The van der Waals surface area contributed by atoms with E-state index in [0.29, 0.717) is 37.3 Å². The van der Waals surface area contributed by atoms with Gasteiger partial charge in [0.2, 0.25) is 0 Å². The van der Waals surface area contributed by atoms with Crippen LogP contribution in [0.3, 0.4) is 0 Å². The van der Waals surface area contributed by atoms with Crippen molar-refractivity contribution >= 4 is 5.91 Å². The molecule has 21 heavy (non-hydrogen) atoms. The van der Waals surface area contributed by atoms with E-state index in [1.807, 2.05) is 0 Å². The Bertz CT molecular complexity index is 541. The fourth-order valence-electron chi connectivity index (χ4n) is 2.77.